The van der Waals surface area contributed by atoms with Crippen LogP contribution >= 0.6 is 22.9 Å². The molecule has 0 spiro atoms. The number of nitrogens with zero attached hydrogens (tertiary/aromatic N) is 1. The maximum atomic E-state index is 12.0. The van der Waals surface area contributed by atoms with Crippen molar-refractivity contribution in [3.05, 3.63) is 58.9 Å². The predicted octanol–water partition coefficient (Wildman–Crippen LogP) is 4.06. The van der Waals surface area contributed by atoms with Gasteiger partial charge in [0.15, 0.2) is 11.7 Å². The molecule has 0 aliphatic carbocycles. The zero-order valence-corrected chi connectivity index (χ0v) is 14.1. The van der Waals surface area contributed by atoms with Crippen molar-refractivity contribution in [2.75, 3.05) is 17.7 Å². The average Bonchev–Trinajstić information content (AvgIpc) is 3.02. The number of halogens is 1. The van der Waals surface area contributed by atoms with Gasteiger partial charge < -0.3 is 15.8 Å². The van der Waals surface area contributed by atoms with Crippen LogP contribution in [0.3, 0.4) is 0 Å². The number of rotatable bonds is 5. The Morgan fingerprint density at radius 1 is 1.25 bits per heavy atom. The lowest BCUT2D eigenvalue weighted by molar-refractivity contribution is -0.118. The number of nitrogen functional groups attached to an aromatic ring is 1. The van der Waals surface area contributed by atoms with Crippen molar-refractivity contribution in [2.45, 2.75) is 0 Å². The lowest BCUT2D eigenvalue weighted by Crippen LogP contribution is -2.20. The van der Waals surface area contributed by atoms with Crippen LogP contribution in [0.25, 0.3) is 11.3 Å². The second-order valence-corrected chi connectivity index (χ2v) is 6.21. The molecule has 24 heavy (non-hydrogen) atoms. The molecule has 0 saturated carbocycles. The normalized spacial score (nSPS) is 10.4. The van der Waals surface area contributed by atoms with Gasteiger partial charge in [0.2, 0.25) is 0 Å². The highest BCUT2D eigenvalue weighted by Gasteiger charge is 2.08. The van der Waals surface area contributed by atoms with Crippen molar-refractivity contribution in [1.82, 2.24) is 4.98 Å². The summed E-state index contributed by atoms with van der Waals surface area (Å²) < 4.78 is 5.54. The third-order valence-electron chi connectivity index (χ3n) is 3.17. The molecule has 1 amide bonds. The number of ether oxygens (including phenoxy) is 1. The Balaban J connectivity index is 1.62. The fourth-order valence-electron chi connectivity index (χ4n) is 2.06. The topological polar surface area (TPSA) is 77.2 Å². The largest absolute Gasteiger partial charge is 0.484 e. The third kappa shape index (κ3) is 4.04. The van der Waals surface area contributed by atoms with E-state index < -0.39 is 0 Å². The van der Waals surface area contributed by atoms with E-state index in [0.29, 0.717) is 21.6 Å². The number of carbonyl (C=O) groups excluding carboxylic acids is 1. The molecule has 3 rings (SSSR count). The number of carbonyl (C=O) groups is 1. The van der Waals surface area contributed by atoms with Gasteiger partial charge in [0.1, 0.15) is 5.75 Å². The summed E-state index contributed by atoms with van der Waals surface area (Å²) >= 11 is 7.38. The number of benzene rings is 2. The number of nitrogens with two attached hydrogens (primary N) is 1. The highest BCUT2D eigenvalue weighted by molar-refractivity contribution is 7.13. The molecule has 0 bridgehead atoms. The van der Waals surface area contributed by atoms with Crippen molar-refractivity contribution in [1.29, 1.82) is 0 Å². The number of hydrogen-bond donors (Lipinski definition) is 2. The monoisotopic (exact) mass is 359 g/mol. The average molecular weight is 360 g/mol. The summed E-state index contributed by atoms with van der Waals surface area (Å²) in [6.45, 7) is -0.117. The van der Waals surface area contributed by atoms with Crippen LogP contribution in [0.4, 0.5) is 10.8 Å². The highest BCUT2D eigenvalue weighted by atomic mass is 35.5. The highest BCUT2D eigenvalue weighted by Crippen LogP contribution is 2.26. The zero-order chi connectivity index (χ0) is 16.9. The van der Waals surface area contributed by atoms with E-state index in [4.69, 9.17) is 22.1 Å². The number of hydrogen-bond acceptors (Lipinski definition) is 5. The maximum absolute atomic E-state index is 12.0. The molecule has 1 heterocycles. The summed E-state index contributed by atoms with van der Waals surface area (Å²) in [6.07, 6.45) is 0. The standard InChI is InChI=1S/C17H14ClN3O2S/c18-13-6-1-2-7-14(13)20-16(22)9-23-12-5-3-4-11(8-12)15-10-24-17(19)21-15/h1-8,10H,9H2,(H2,19,21)(H,20,22). The van der Waals surface area contributed by atoms with Gasteiger partial charge in [-0.15, -0.1) is 11.3 Å². The summed E-state index contributed by atoms with van der Waals surface area (Å²) in [5.41, 5.74) is 7.87. The Hall–Kier alpha value is -2.57. The van der Waals surface area contributed by atoms with Gasteiger partial charge in [0.25, 0.3) is 5.91 Å². The van der Waals surface area contributed by atoms with E-state index in [9.17, 15) is 4.79 Å². The van der Waals surface area contributed by atoms with Crippen LogP contribution in [-0.4, -0.2) is 17.5 Å². The first-order valence-corrected chi connectivity index (χ1v) is 8.36. The van der Waals surface area contributed by atoms with Gasteiger partial charge in [-0.2, -0.15) is 0 Å². The summed E-state index contributed by atoms with van der Waals surface area (Å²) in [4.78, 5) is 16.2. The van der Waals surface area contributed by atoms with E-state index in [1.54, 1.807) is 30.3 Å². The molecular formula is C17H14ClN3O2S. The first-order chi connectivity index (χ1) is 11.6. The Bertz CT molecular complexity index is 866. The molecule has 0 aliphatic rings. The lowest BCUT2D eigenvalue weighted by Gasteiger charge is -2.09. The minimum Gasteiger partial charge on any atom is -0.484 e. The SMILES string of the molecule is Nc1nc(-c2cccc(OCC(=O)Nc3ccccc3Cl)c2)cs1. The van der Waals surface area contributed by atoms with E-state index in [-0.39, 0.29) is 12.5 Å². The zero-order valence-electron chi connectivity index (χ0n) is 12.5. The predicted molar refractivity (Wildman–Crippen MR) is 97.5 cm³/mol. The minimum absolute atomic E-state index is 0.117. The number of nitrogens with one attached hydrogen (secondary N) is 1. The molecule has 122 valence electrons. The number of amides is 1. The quantitative estimate of drug-likeness (QED) is 0.720. The van der Waals surface area contributed by atoms with Crippen LogP contribution < -0.4 is 15.8 Å². The van der Waals surface area contributed by atoms with Gasteiger partial charge in [0, 0.05) is 10.9 Å². The van der Waals surface area contributed by atoms with Gasteiger partial charge in [-0.25, -0.2) is 4.98 Å². The van der Waals surface area contributed by atoms with E-state index in [1.165, 1.54) is 11.3 Å². The molecule has 0 saturated heterocycles. The smallest absolute Gasteiger partial charge is 0.262 e. The number of anilines is 2. The lowest BCUT2D eigenvalue weighted by atomic mass is 10.2. The van der Waals surface area contributed by atoms with Crippen LogP contribution in [0, 0.1) is 0 Å². The van der Waals surface area contributed by atoms with Crippen LogP contribution in [0.2, 0.25) is 5.02 Å². The van der Waals surface area contributed by atoms with Crippen LogP contribution in [0.15, 0.2) is 53.9 Å². The van der Waals surface area contributed by atoms with E-state index in [2.05, 4.69) is 10.3 Å². The first kappa shape index (κ1) is 16.3. The van der Waals surface area contributed by atoms with Crippen LogP contribution in [0.5, 0.6) is 5.75 Å². The molecule has 3 N–H and O–H groups in total. The van der Waals surface area contributed by atoms with Crippen LogP contribution in [-0.2, 0) is 4.79 Å². The number of para-hydroxylation sites is 1. The molecule has 0 atom stereocenters. The number of aromatic nitrogens is 1. The fraction of sp³-hybridized carbons (Fsp3) is 0.0588. The molecule has 0 unspecified atom stereocenters. The molecule has 0 fully saturated rings. The van der Waals surface area contributed by atoms with Gasteiger partial charge >= 0.3 is 0 Å². The summed E-state index contributed by atoms with van der Waals surface area (Å²) in [7, 11) is 0. The Labute approximate surface area is 148 Å². The number of thiazole rings is 1. The van der Waals surface area contributed by atoms with Gasteiger partial charge in [-0.3, -0.25) is 4.79 Å². The van der Waals surface area contributed by atoms with E-state index in [1.807, 2.05) is 23.6 Å². The first-order valence-electron chi connectivity index (χ1n) is 7.10. The fourth-order valence-corrected chi connectivity index (χ4v) is 2.82. The van der Waals surface area contributed by atoms with Gasteiger partial charge in [0.05, 0.1) is 16.4 Å². The Morgan fingerprint density at radius 3 is 2.83 bits per heavy atom. The van der Waals surface area contributed by atoms with Crippen LogP contribution in [0.1, 0.15) is 0 Å². The molecule has 1 aromatic heterocycles. The maximum Gasteiger partial charge on any atom is 0.262 e. The Kier molecular flexibility index (Phi) is 4.98. The molecule has 5 nitrogen and oxygen atoms in total. The minimum atomic E-state index is -0.286. The van der Waals surface area contributed by atoms with Gasteiger partial charge in [-0.05, 0) is 24.3 Å². The van der Waals surface area contributed by atoms with E-state index >= 15 is 0 Å². The van der Waals surface area contributed by atoms with Gasteiger partial charge in [-0.1, -0.05) is 35.9 Å². The molecular weight excluding hydrogens is 346 g/mol. The molecule has 0 aliphatic heterocycles. The molecule has 2 aromatic carbocycles. The second kappa shape index (κ2) is 7.33. The Morgan fingerprint density at radius 2 is 2.08 bits per heavy atom. The van der Waals surface area contributed by atoms with Crippen molar-refractivity contribution >= 4 is 39.7 Å². The van der Waals surface area contributed by atoms with Crippen molar-refractivity contribution < 1.29 is 9.53 Å². The summed E-state index contributed by atoms with van der Waals surface area (Å²) in [5, 5.41) is 5.57. The van der Waals surface area contributed by atoms with E-state index in [0.717, 1.165) is 11.3 Å². The summed E-state index contributed by atoms with van der Waals surface area (Å²) in [5.74, 6) is 0.291. The second-order valence-electron chi connectivity index (χ2n) is 4.92. The molecule has 3 aromatic rings. The van der Waals surface area contributed by atoms with Crippen molar-refractivity contribution in [3.8, 4) is 17.0 Å². The molecule has 7 heteroatoms. The van der Waals surface area contributed by atoms with Crippen molar-refractivity contribution in [3.63, 3.8) is 0 Å². The van der Waals surface area contributed by atoms with Crippen molar-refractivity contribution in [2.24, 2.45) is 0 Å². The summed E-state index contributed by atoms with van der Waals surface area (Å²) in [6, 6.07) is 14.4. The third-order valence-corrected chi connectivity index (χ3v) is 4.17. The molecule has 0 radical (unpaired) electrons.